The first kappa shape index (κ1) is 22.2. The third-order valence-electron chi connectivity index (χ3n) is 6.27. The number of primary amides is 2. The SMILES string of the molecule is CC(C)(C)C1c2c(C(N)=O)c(-c3cccc(C(F)(F)F)c3)c(C3CC3)n2CCN1C(N)=O. The van der Waals surface area contributed by atoms with E-state index in [9.17, 15) is 22.8 Å². The number of nitrogens with two attached hydrogens (primary N) is 2. The van der Waals surface area contributed by atoms with Crippen molar-refractivity contribution in [1.29, 1.82) is 0 Å². The van der Waals surface area contributed by atoms with E-state index in [1.165, 1.54) is 11.0 Å². The number of fused-ring (bicyclic) bond motifs is 1. The van der Waals surface area contributed by atoms with Gasteiger partial charge in [0.15, 0.2) is 0 Å². The smallest absolute Gasteiger partial charge is 0.366 e. The molecule has 1 atom stereocenters. The van der Waals surface area contributed by atoms with Crippen LogP contribution in [0, 0.1) is 5.41 Å². The standard InChI is InChI=1S/C23H27F3N4O2/c1-22(2,3)19-18-16(20(27)31)15(13-5-4-6-14(11-13)23(24,25)26)17(12-7-8-12)29(18)9-10-30(19)21(28)32/h4-6,11-12,19H,7-10H2,1-3H3,(H2,27,31)(H2,28,32). The second-order valence-electron chi connectivity index (χ2n) is 9.69. The number of carbonyl (C=O) groups excluding carboxylic acids is 2. The summed E-state index contributed by atoms with van der Waals surface area (Å²) >= 11 is 0. The van der Waals surface area contributed by atoms with Gasteiger partial charge >= 0.3 is 12.2 Å². The fraction of sp³-hybridized carbons (Fsp3) is 0.478. The van der Waals surface area contributed by atoms with Gasteiger partial charge in [0, 0.05) is 24.3 Å². The van der Waals surface area contributed by atoms with Crippen LogP contribution in [0.2, 0.25) is 0 Å². The van der Waals surface area contributed by atoms with E-state index in [0.29, 0.717) is 29.9 Å². The zero-order chi connectivity index (χ0) is 23.6. The van der Waals surface area contributed by atoms with Crippen molar-refractivity contribution in [2.24, 2.45) is 16.9 Å². The first-order valence-electron chi connectivity index (χ1n) is 10.6. The molecule has 1 fully saturated rings. The predicted molar refractivity (Wildman–Crippen MR) is 114 cm³/mol. The van der Waals surface area contributed by atoms with E-state index in [0.717, 1.165) is 30.7 Å². The number of rotatable bonds is 3. The molecule has 2 aromatic rings. The molecule has 4 rings (SSSR count). The van der Waals surface area contributed by atoms with E-state index < -0.39 is 35.1 Å². The molecule has 2 aliphatic rings. The number of alkyl halides is 3. The highest BCUT2D eigenvalue weighted by atomic mass is 19.4. The second kappa shape index (κ2) is 7.28. The monoisotopic (exact) mass is 448 g/mol. The molecule has 1 unspecified atom stereocenters. The second-order valence-corrected chi connectivity index (χ2v) is 9.69. The Morgan fingerprint density at radius 1 is 1.03 bits per heavy atom. The largest absolute Gasteiger partial charge is 0.416 e. The average molecular weight is 448 g/mol. The van der Waals surface area contributed by atoms with Gasteiger partial charge in [0.05, 0.1) is 22.9 Å². The Hall–Kier alpha value is -2.97. The number of halogens is 3. The summed E-state index contributed by atoms with van der Waals surface area (Å²) in [4.78, 5) is 26.6. The number of carbonyl (C=O) groups is 2. The summed E-state index contributed by atoms with van der Waals surface area (Å²) in [6.07, 6.45) is -2.75. The van der Waals surface area contributed by atoms with E-state index in [1.54, 1.807) is 6.07 Å². The van der Waals surface area contributed by atoms with Crippen LogP contribution >= 0.6 is 0 Å². The van der Waals surface area contributed by atoms with E-state index in [4.69, 9.17) is 11.5 Å². The van der Waals surface area contributed by atoms with E-state index in [1.807, 2.05) is 25.3 Å². The Bertz CT molecular complexity index is 1090. The van der Waals surface area contributed by atoms with Crippen molar-refractivity contribution in [2.75, 3.05) is 6.54 Å². The first-order chi connectivity index (χ1) is 14.8. The Morgan fingerprint density at radius 2 is 1.69 bits per heavy atom. The van der Waals surface area contributed by atoms with Crippen molar-refractivity contribution < 1.29 is 22.8 Å². The molecule has 9 heteroatoms. The molecule has 1 aromatic carbocycles. The average Bonchev–Trinajstić information content (AvgIpc) is 3.45. The van der Waals surface area contributed by atoms with Crippen LogP contribution in [0.15, 0.2) is 24.3 Å². The molecule has 6 nitrogen and oxygen atoms in total. The lowest BCUT2D eigenvalue weighted by molar-refractivity contribution is -0.137. The van der Waals surface area contributed by atoms with Crippen molar-refractivity contribution in [3.8, 4) is 11.1 Å². The fourth-order valence-electron chi connectivity index (χ4n) is 4.95. The van der Waals surface area contributed by atoms with Gasteiger partial charge in [-0.05, 0) is 41.9 Å². The Labute approximate surface area is 184 Å². The van der Waals surface area contributed by atoms with Gasteiger partial charge < -0.3 is 20.9 Å². The minimum atomic E-state index is -4.52. The summed E-state index contributed by atoms with van der Waals surface area (Å²) in [5, 5.41) is 0. The van der Waals surface area contributed by atoms with Crippen molar-refractivity contribution in [3.05, 3.63) is 46.8 Å². The normalized spacial score (nSPS) is 19.1. The third-order valence-corrected chi connectivity index (χ3v) is 6.27. The number of aromatic nitrogens is 1. The Morgan fingerprint density at radius 3 is 2.19 bits per heavy atom. The lowest BCUT2D eigenvalue weighted by Gasteiger charge is -2.44. The topological polar surface area (TPSA) is 94.3 Å². The fourth-order valence-corrected chi connectivity index (χ4v) is 4.95. The van der Waals surface area contributed by atoms with E-state index in [-0.39, 0.29) is 11.5 Å². The molecule has 2 heterocycles. The maximum atomic E-state index is 13.4. The number of hydrogen-bond donors (Lipinski definition) is 2. The van der Waals surface area contributed by atoms with Crippen LogP contribution in [0.4, 0.5) is 18.0 Å². The number of hydrogen-bond acceptors (Lipinski definition) is 2. The summed E-state index contributed by atoms with van der Waals surface area (Å²) in [5.74, 6) is -0.597. The summed E-state index contributed by atoms with van der Waals surface area (Å²) < 4.78 is 42.3. The maximum absolute atomic E-state index is 13.4. The van der Waals surface area contributed by atoms with Crippen LogP contribution in [-0.2, 0) is 12.7 Å². The lowest BCUT2D eigenvalue weighted by Crippen LogP contribution is -2.49. The summed E-state index contributed by atoms with van der Waals surface area (Å²) in [6.45, 7) is 6.54. The Balaban J connectivity index is 2.06. The quantitative estimate of drug-likeness (QED) is 0.716. The summed E-state index contributed by atoms with van der Waals surface area (Å²) in [6, 6.07) is 3.83. The molecule has 0 radical (unpaired) electrons. The highest BCUT2D eigenvalue weighted by molar-refractivity contribution is 6.03. The van der Waals surface area contributed by atoms with Gasteiger partial charge in [-0.25, -0.2) is 4.79 Å². The zero-order valence-electron chi connectivity index (χ0n) is 18.3. The molecular weight excluding hydrogens is 421 g/mol. The van der Waals surface area contributed by atoms with Crippen LogP contribution in [0.3, 0.4) is 0 Å². The number of amides is 3. The van der Waals surface area contributed by atoms with Gasteiger partial charge in [-0.1, -0.05) is 32.9 Å². The van der Waals surface area contributed by atoms with Crippen LogP contribution in [-0.4, -0.2) is 28.0 Å². The van der Waals surface area contributed by atoms with Crippen molar-refractivity contribution in [3.63, 3.8) is 0 Å². The molecule has 1 saturated carbocycles. The van der Waals surface area contributed by atoms with Crippen molar-refractivity contribution >= 4 is 11.9 Å². The maximum Gasteiger partial charge on any atom is 0.416 e. The Kier molecular flexibility index (Phi) is 5.06. The molecule has 0 spiro atoms. The molecule has 0 bridgehead atoms. The van der Waals surface area contributed by atoms with E-state index >= 15 is 0 Å². The third kappa shape index (κ3) is 3.63. The molecule has 0 saturated heterocycles. The van der Waals surface area contributed by atoms with Gasteiger partial charge in [0.1, 0.15) is 0 Å². The van der Waals surface area contributed by atoms with Crippen molar-refractivity contribution in [2.45, 2.75) is 58.3 Å². The van der Waals surface area contributed by atoms with E-state index in [2.05, 4.69) is 0 Å². The molecule has 3 amide bonds. The summed E-state index contributed by atoms with van der Waals surface area (Å²) in [5.41, 5.74) is 12.5. The number of nitrogens with zero attached hydrogens (tertiary/aromatic N) is 2. The molecule has 1 aliphatic heterocycles. The molecule has 1 aliphatic carbocycles. The summed E-state index contributed by atoms with van der Waals surface area (Å²) in [7, 11) is 0. The minimum absolute atomic E-state index is 0.132. The predicted octanol–water partition coefficient (Wildman–Crippen LogP) is 4.63. The van der Waals surface area contributed by atoms with Gasteiger partial charge in [-0.2, -0.15) is 13.2 Å². The van der Waals surface area contributed by atoms with Gasteiger partial charge in [-0.15, -0.1) is 0 Å². The minimum Gasteiger partial charge on any atom is -0.366 e. The molecular formula is C23H27F3N4O2. The van der Waals surface area contributed by atoms with Gasteiger partial charge in [-0.3, -0.25) is 4.79 Å². The van der Waals surface area contributed by atoms with Crippen LogP contribution in [0.1, 0.15) is 72.9 Å². The number of benzene rings is 1. The molecule has 32 heavy (non-hydrogen) atoms. The first-order valence-corrected chi connectivity index (χ1v) is 10.6. The lowest BCUT2D eigenvalue weighted by atomic mass is 9.81. The zero-order valence-corrected chi connectivity index (χ0v) is 18.3. The van der Waals surface area contributed by atoms with Gasteiger partial charge in [0.25, 0.3) is 5.91 Å². The van der Waals surface area contributed by atoms with Crippen LogP contribution in [0.25, 0.3) is 11.1 Å². The number of urea groups is 1. The van der Waals surface area contributed by atoms with Gasteiger partial charge in [0.2, 0.25) is 0 Å². The molecule has 4 N–H and O–H groups in total. The van der Waals surface area contributed by atoms with Crippen molar-refractivity contribution in [1.82, 2.24) is 9.47 Å². The van der Waals surface area contributed by atoms with Crippen LogP contribution in [0.5, 0.6) is 0 Å². The highest BCUT2D eigenvalue weighted by Gasteiger charge is 2.46. The van der Waals surface area contributed by atoms with Crippen LogP contribution < -0.4 is 11.5 Å². The molecule has 1 aromatic heterocycles. The highest BCUT2D eigenvalue weighted by Crippen LogP contribution is 2.52. The molecule has 172 valence electrons.